The van der Waals surface area contributed by atoms with Crippen molar-refractivity contribution < 1.29 is 17.9 Å². The Hall–Kier alpha value is -1.22. The van der Waals surface area contributed by atoms with Crippen LogP contribution in [0.4, 0.5) is 24.8 Å². The van der Waals surface area contributed by atoms with Gasteiger partial charge in [0.15, 0.2) is 5.82 Å². The van der Waals surface area contributed by atoms with Crippen molar-refractivity contribution in [3.63, 3.8) is 0 Å². The SMILES string of the molecule is CCOCc1nc(NC)cc(NCCSC(F)(F)F)n1. The van der Waals surface area contributed by atoms with Gasteiger partial charge in [-0.05, 0) is 18.7 Å². The Morgan fingerprint density at radius 1 is 1.30 bits per heavy atom. The van der Waals surface area contributed by atoms with Crippen molar-refractivity contribution in [3.8, 4) is 0 Å². The minimum absolute atomic E-state index is 0.0654. The molecule has 0 bridgehead atoms. The molecule has 0 aliphatic heterocycles. The first-order chi connectivity index (χ1) is 9.44. The summed E-state index contributed by atoms with van der Waals surface area (Å²) in [5, 5.41) is 5.71. The number of thioether (sulfide) groups is 1. The summed E-state index contributed by atoms with van der Waals surface area (Å²) in [6.45, 7) is 2.82. The number of rotatable bonds is 8. The average Bonchev–Trinajstić information content (AvgIpc) is 2.40. The highest BCUT2D eigenvalue weighted by Crippen LogP contribution is 2.29. The quantitative estimate of drug-likeness (QED) is 0.720. The highest BCUT2D eigenvalue weighted by Gasteiger charge is 2.27. The van der Waals surface area contributed by atoms with Crippen molar-refractivity contribution >= 4 is 23.4 Å². The Balaban J connectivity index is 2.55. The molecular formula is C11H17F3N4OS. The van der Waals surface area contributed by atoms with Crippen LogP contribution >= 0.6 is 11.8 Å². The highest BCUT2D eigenvalue weighted by atomic mass is 32.2. The summed E-state index contributed by atoms with van der Waals surface area (Å²) in [5.41, 5.74) is -4.20. The molecule has 0 unspecified atom stereocenters. The third kappa shape index (κ3) is 6.80. The second-order valence-electron chi connectivity index (χ2n) is 3.66. The minimum Gasteiger partial charge on any atom is -0.374 e. The van der Waals surface area contributed by atoms with Crippen molar-refractivity contribution in [3.05, 3.63) is 11.9 Å². The summed E-state index contributed by atoms with van der Waals surface area (Å²) >= 11 is -0.0654. The van der Waals surface area contributed by atoms with Crippen LogP contribution in [-0.4, -0.2) is 41.4 Å². The first-order valence-corrected chi connectivity index (χ1v) is 7.01. The Morgan fingerprint density at radius 3 is 2.60 bits per heavy atom. The molecule has 1 rings (SSSR count). The number of nitrogens with zero attached hydrogens (tertiary/aromatic N) is 2. The molecule has 0 spiro atoms. The zero-order valence-corrected chi connectivity index (χ0v) is 12.1. The summed E-state index contributed by atoms with van der Waals surface area (Å²) in [5.74, 6) is 1.45. The molecule has 9 heteroatoms. The lowest BCUT2D eigenvalue weighted by Gasteiger charge is -2.10. The van der Waals surface area contributed by atoms with E-state index < -0.39 is 5.51 Å². The van der Waals surface area contributed by atoms with E-state index in [9.17, 15) is 13.2 Å². The Kier molecular flexibility index (Phi) is 6.86. The van der Waals surface area contributed by atoms with E-state index in [2.05, 4.69) is 20.6 Å². The fourth-order valence-corrected chi connectivity index (χ4v) is 1.76. The Labute approximate surface area is 119 Å². The van der Waals surface area contributed by atoms with Crippen LogP contribution in [0, 0.1) is 0 Å². The number of alkyl halides is 3. The lowest BCUT2D eigenvalue weighted by atomic mass is 10.4. The summed E-state index contributed by atoms with van der Waals surface area (Å²) in [6, 6.07) is 1.63. The predicted octanol–water partition coefficient (Wildman–Crippen LogP) is 2.72. The molecule has 0 atom stereocenters. The second-order valence-corrected chi connectivity index (χ2v) is 4.82. The molecule has 0 aliphatic carbocycles. The van der Waals surface area contributed by atoms with E-state index in [1.54, 1.807) is 13.1 Å². The molecule has 1 aromatic rings. The maximum absolute atomic E-state index is 12.0. The molecular weight excluding hydrogens is 293 g/mol. The maximum atomic E-state index is 12.0. The van der Waals surface area contributed by atoms with Gasteiger partial charge in [-0.15, -0.1) is 0 Å². The molecule has 0 saturated carbocycles. The monoisotopic (exact) mass is 310 g/mol. The maximum Gasteiger partial charge on any atom is 0.441 e. The van der Waals surface area contributed by atoms with Crippen LogP contribution in [0.25, 0.3) is 0 Å². The van der Waals surface area contributed by atoms with E-state index in [0.717, 1.165) is 0 Å². The molecule has 5 nitrogen and oxygen atoms in total. The van der Waals surface area contributed by atoms with Crippen LogP contribution < -0.4 is 10.6 Å². The molecule has 0 saturated heterocycles. The van der Waals surface area contributed by atoms with Crippen molar-refractivity contribution in [2.24, 2.45) is 0 Å². The molecule has 0 aromatic carbocycles. The van der Waals surface area contributed by atoms with Gasteiger partial charge in [-0.2, -0.15) is 13.2 Å². The van der Waals surface area contributed by atoms with E-state index in [0.29, 0.717) is 24.1 Å². The third-order valence-corrected chi connectivity index (χ3v) is 2.87. The predicted molar refractivity (Wildman–Crippen MR) is 73.9 cm³/mol. The van der Waals surface area contributed by atoms with Gasteiger partial charge in [-0.3, -0.25) is 0 Å². The summed E-state index contributed by atoms with van der Waals surface area (Å²) in [4.78, 5) is 8.36. The van der Waals surface area contributed by atoms with Gasteiger partial charge in [-0.25, -0.2) is 9.97 Å². The normalized spacial score (nSPS) is 11.4. The number of hydrogen-bond acceptors (Lipinski definition) is 6. The van der Waals surface area contributed by atoms with E-state index in [4.69, 9.17) is 4.74 Å². The molecule has 1 heterocycles. The van der Waals surface area contributed by atoms with Gasteiger partial charge in [0.25, 0.3) is 0 Å². The van der Waals surface area contributed by atoms with Gasteiger partial charge < -0.3 is 15.4 Å². The van der Waals surface area contributed by atoms with Gasteiger partial charge in [0.05, 0.1) is 0 Å². The second kappa shape index (κ2) is 8.15. The third-order valence-electron chi connectivity index (χ3n) is 2.14. The number of hydrogen-bond donors (Lipinski definition) is 2. The first kappa shape index (κ1) is 16.8. The van der Waals surface area contributed by atoms with Crippen LogP contribution in [0.15, 0.2) is 6.07 Å². The summed E-state index contributed by atoms with van der Waals surface area (Å²) < 4.78 is 41.2. The minimum atomic E-state index is -4.20. The Bertz CT molecular complexity index is 417. The highest BCUT2D eigenvalue weighted by molar-refractivity contribution is 8.00. The smallest absolute Gasteiger partial charge is 0.374 e. The molecule has 20 heavy (non-hydrogen) atoms. The number of halogens is 3. The van der Waals surface area contributed by atoms with Gasteiger partial charge in [0.1, 0.15) is 18.2 Å². The van der Waals surface area contributed by atoms with Gasteiger partial charge in [0.2, 0.25) is 0 Å². The van der Waals surface area contributed by atoms with Crippen molar-refractivity contribution in [1.29, 1.82) is 0 Å². The average molecular weight is 310 g/mol. The molecule has 0 fully saturated rings. The van der Waals surface area contributed by atoms with Crippen molar-refractivity contribution in [1.82, 2.24) is 9.97 Å². The lowest BCUT2D eigenvalue weighted by molar-refractivity contribution is -0.0327. The number of ether oxygens (including phenoxy) is 1. The van der Waals surface area contributed by atoms with Crippen molar-refractivity contribution in [2.45, 2.75) is 19.0 Å². The summed E-state index contributed by atoms with van der Waals surface area (Å²) in [7, 11) is 1.70. The summed E-state index contributed by atoms with van der Waals surface area (Å²) in [6.07, 6.45) is 0. The zero-order valence-electron chi connectivity index (χ0n) is 11.3. The number of anilines is 2. The van der Waals surface area contributed by atoms with Crippen LogP contribution in [0.1, 0.15) is 12.7 Å². The van der Waals surface area contributed by atoms with Crippen LogP contribution in [0.2, 0.25) is 0 Å². The molecule has 0 amide bonds. The van der Waals surface area contributed by atoms with Crippen molar-refractivity contribution in [2.75, 3.05) is 36.6 Å². The largest absolute Gasteiger partial charge is 0.441 e. The number of nitrogens with one attached hydrogen (secondary N) is 2. The van der Waals surface area contributed by atoms with Gasteiger partial charge >= 0.3 is 5.51 Å². The topological polar surface area (TPSA) is 59.1 Å². The standard InChI is InChI=1S/C11H17F3N4OS/c1-3-19-7-10-17-8(15-2)6-9(18-10)16-4-5-20-11(12,13)14/h6H,3-5,7H2,1-2H3,(H2,15,16,17,18). The molecule has 0 aliphatic rings. The van der Waals surface area contributed by atoms with E-state index >= 15 is 0 Å². The van der Waals surface area contributed by atoms with E-state index in [1.807, 2.05) is 6.92 Å². The fourth-order valence-electron chi connectivity index (χ4n) is 1.32. The van der Waals surface area contributed by atoms with E-state index in [-0.39, 0.29) is 30.7 Å². The van der Waals surface area contributed by atoms with Gasteiger partial charge in [-0.1, -0.05) is 0 Å². The lowest BCUT2D eigenvalue weighted by Crippen LogP contribution is -2.12. The molecule has 0 radical (unpaired) electrons. The first-order valence-electron chi connectivity index (χ1n) is 6.02. The Morgan fingerprint density at radius 2 is 2.00 bits per heavy atom. The van der Waals surface area contributed by atoms with Gasteiger partial charge in [0, 0.05) is 32.0 Å². The molecule has 2 N–H and O–H groups in total. The fraction of sp³-hybridized carbons (Fsp3) is 0.636. The molecule has 1 aromatic heterocycles. The van der Waals surface area contributed by atoms with Crippen LogP contribution in [-0.2, 0) is 11.3 Å². The van der Waals surface area contributed by atoms with E-state index in [1.165, 1.54) is 0 Å². The molecule has 114 valence electrons. The zero-order chi connectivity index (χ0) is 15.0. The van der Waals surface area contributed by atoms with Crippen LogP contribution in [0.3, 0.4) is 0 Å². The van der Waals surface area contributed by atoms with Crippen LogP contribution in [0.5, 0.6) is 0 Å². The number of aromatic nitrogens is 2.